The number of benzene rings is 2. The highest BCUT2D eigenvalue weighted by molar-refractivity contribution is 5.86. The van der Waals surface area contributed by atoms with E-state index in [0.717, 1.165) is 18.2 Å². The average Bonchev–Trinajstić information content (AvgIpc) is 2.94. The highest BCUT2D eigenvalue weighted by Crippen LogP contribution is 2.36. The van der Waals surface area contributed by atoms with Gasteiger partial charge >= 0.3 is 0 Å². The van der Waals surface area contributed by atoms with Gasteiger partial charge < -0.3 is 69.3 Å². The van der Waals surface area contributed by atoms with E-state index in [0.29, 0.717) is 0 Å². The van der Waals surface area contributed by atoms with Gasteiger partial charge in [0.2, 0.25) is 12.6 Å². The van der Waals surface area contributed by atoms with Crippen molar-refractivity contribution in [3.05, 3.63) is 46.6 Å². The zero-order chi connectivity index (χ0) is 29.6. The van der Waals surface area contributed by atoms with Crippen molar-refractivity contribution >= 4 is 11.0 Å². The molecule has 2 aliphatic heterocycles. The topological polar surface area (TPSA) is 249 Å². The third kappa shape index (κ3) is 5.54. The second-order valence-corrected chi connectivity index (χ2v) is 9.66. The standard InChI is InChI=1S/C26H28O15/c27-7-18-21(33)22(34)24(36)26(41-18)38-10-4-16-19(17(5-10)40-25-23(35)20(32)14(31)8-37-25)13(30)6-15(39-16)9-1-2-11(28)12(29)3-9/h1-6,14,18,20-29,31-36H,7-8H2/t14-,18-,20+,21+,22+,23-,24-,25+,26-/m1/s1. The normalized spacial score (nSPS) is 32.1. The number of phenolic OH excluding ortho intramolecular Hbond substituents is 2. The maximum absolute atomic E-state index is 13.3. The molecule has 41 heavy (non-hydrogen) atoms. The van der Waals surface area contributed by atoms with Gasteiger partial charge in [-0.1, -0.05) is 0 Å². The summed E-state index contributed by atoms with van der Waals surface area (Å²) in [5.41, 5.74) is -0.609. The number of aromatic hydroxyl groups is 2. The Morgan fingerprint density at radius 2 is 1.54 bits per heavy atom. The molecule has 0 unspecified atom stereocenters. The molecular formula is C26H28O15. The lowest BCUT2D eigenvalue weighted by atomic mass is 9.99. The minimum Gasteiger partial charge on any atom is -0.504 e. The molecule has 3 heterocycles. The predicted molar refractivity (Wildman–Crippen MR) is 134 cm³/mol. The second kappa shape index (κ2) is 11.4. The van der Waals surface area contributed by atoms with E-state index in [1.54, 1.807) is 0 Å². The number of ether oxygens (including phenoxy) is 4. The molecule has 15 nitrogen and oxygen atoms in total. The fourth-order valence-electron chi connectivity index (χ4n) is 4.52. The lowest BCUT2D eigenvalue weighted by Crippen LogP contribution is -2.60. The van der Waals surface area contributed by atoms with Crippen LogP contribution in [0.3, 0.4) is 0 Å². The van der Waals surface area contributed by atoms with Gasteiger partial charge in [0.05, 0.1) is 13.2 Å². The van der Waals surface area contributed by atoms with Crippen LogP contribution in [-0.2, 0) is 9.47 Å². The Morgan fingerprint density at radius 1 is 0.805 bits per heavy atom. The SMILES string of the molecule is O=c1cc(-c2ccc(O)c(O)c2)oc2cc(O[C@@H]3O[C@H](CO)[C@H](O)[C@H](O)[C@H]3O)cc(O[C@@H]3OC[C@@H](O)[C@H](O)[C@H]3O)c12. The van der Waals surface area contributed by atoms with Crippen molar-refractivity contribution in [3.8, 4) is 34.3 Å². The van der Waals surface area contributed by atoms with E-state index in [1.807, 2.05) is 0 Å². The Bertz CT molecular complexity index is 1450. The third-order valence-corrected chi connectivity index (χ3v) is 6.83. The number of rotatable bonds is 6. The van der Waals surface area contributed by atoms with Gasteiger partial charge in [0.25, 0.3) is 0 Å². The fourth-order valence-corrected chi connectivity index (χ4v) is 4.52. The lowest BCUT2D eigenvalue weighted by Gasteiger charge is -2.39. The van der Waals surface area contributed by atoms with Crippen molar-refractivity contribution in [2.75, 3.05) is 13.2 Å². The quantitative estimate of drug-likeness (QED) is 0.141. The monoisotopic (exact) mass is 580 g/mol. The van der Waals surface area contributed by atoms with E-state index >= 15 is 0 Å². The molecule has 9 N–H and O–H groups in total. The highest BCUT2D eigenvalue weighted by atomic mass is 16.7. The maximum Gasteiger partial charge on any atom is 0.229 e. The first-order chi connectivity index (χ1) is 19.5. The molecule has 5 rings (SSSR count). The Kier molecular flexibility index (Phi) is 8.06. The molecule has 2 fully saturated rings. The molecule has 1 aromatic heterocycles. The van der Waals surface area contributed by atoms with E-state index in [4.69, 9.17) is 23.4 Å². The van der Waals surface area contributed by atoms with Gasteiger partial charge in [-0.15, -0.1) is 0 Å². The summed E-state index contributed by atoms with van der Waals surface area (Å²) in [4.78, 5) is 13.3. The van der Waals surface area contributed by atoms with Crippen LogP contribution in [0.4, 0.5) is 0 Å². The van der Waals surface area contributed by atoms with Crippen molar-refractivity contribution < 1.29 is 69.3 Å². The molecule has 0 saturated carbocycles. The van der Waals surface area contributed by atoms with Crippen molar-refractivity contribution in [2.45, 2.75) is 55.3 Å². The smallest absolute Gasteiger partial charge is 0.229 e. The van der Waals surface area contributed by atoms with Crippen LogP contribution in [0.25, 0.3) is 22.3 Å². The van der Waals surface area contributed by atoms with E-state index in [1.165, 1.54) is 18.2 Å². The van der Waals surface area contributed by atoms with Crippen molar-refractivity contribution in [2.24, 2.45) is 0 Å². The molecule has 9 atom stereocenters. The van der Waals surface area contributed by atoms with Crippen LogP contribution in [-0.4, -0.2) is 114 Å². The third-order valence-electron chi connectivity index (χ3n) is 6.83. The van der Waals surface area contributed by atoms with Crippen LogP contribution >= 0.6 is 0 Å². The largest absolute Gasteiger partial charge is 0.504 e. The van der Waals surface area contributed by atoms with Gasteiger partial charge in [-0.25, -0.2) is 0 Å². The van der Waals surface area contributed by atoms with Crippen molar-refractivity contribution in [3.63, 3.8) is 0 Å². The summed E-state index contributed by atoms with van der Waals surface area (Å²) in [5, 5.41) is 89.6. The van der Waals surface area contributed by atoms with Gasteiger partial charge in [0.15, 0.2) is 16.9 Å². The van der Waals surface area contributed by atoms with Crippen LogP contribution in [0, 0.1) is 0 Å². The van der Waals surface area contributed by atoms with Gasteiger partial charge in [-0.05, 0) is 18.2 Å². The van der Waals surface area contributed by atoms with Gasteiger partial charge in [0.1, 0.15) is 71.0 Å². The van der Waals surface area contributed by atoms with Crippen LogP contribution in [0.15, 0.2) is 45.6 Å². The van der Waals surface area contributed by atoms with Gasteiger partial charge in [-0.2, -0.15) is 0 Å². The number of hydrogen-bond donors (Lipinski definition) is 9. The van der Waals surface area contributed by atoms with Gasteiger partial charge in [-0.3, -0.25) is 4.79 Å². The zero-order valence-electron chi connectivity index (χ0n) is 21.0. The van der Waals surface area contributed by atoms with Crippen LogP contribution in [0.5, 0.6) is 23.0 Å². The molecule has 222 valence electrons. The van der Waals surface area contributed by atoms with Crippen molar-refractivity contribution in [1.29, 1.82) is 0 Å². The van der Waals surface area contributed by atoms with E-state index in [-0.39, 0.29) is 33.8 Å². The van der Waals surface area contributed by atoms with Gasteiger partial charge in [0, 0.05) is 23.8 Å². The summed E-state index contributed by atoms with van der Waals surface area (Å²) < 4.78 is 27.9. The lowest BCUT2D eigenvalue weighted by molar-refractivity contribution is -0.277. The molecule has 0 aliphatic carbocycles. The summed E-state index contributed by atoms with van der Waals surface area (Å²) in [7, 11) is 0. The predicted octanol–water partition coefficient (Wildman–Crippen LogP) is -2.13. The Balaban J connectivity index is 1.58. The number of fused-ring (bicyclic) bond motifs is 1. The van der Waals surface area contributed by atoms with Crippen LogP contribution in [0.1, 0.15) is 0 Å². The van der Waals surface area contributed by atoms with Crippen LogP contribution in [0.2, 0.25) is 0 Å². The number of aliphatic hydroxyl groups excluding tert-OH is 7. The summed E-state index contributed by atoms with van der Waals surface area (Å²) in [5.74, 6) is -1.36. The molecule has 0 bridgehead atoms. The molecule has 0 spiro atoms. The first-order valence-electron chi connectivity index (χ1n) is 12.4. The second-order valence-electron chi connectivity index (χ2n) is 9.66. The summed E-state index contributed by atoms with van der Waals surface area (Å²) >= 11 is 0. The Hall–Kier alpha value is -3.51. The summed E-state index contributed by atoms with van der Waals surface area (Å²) in [6, 6.07) is 7.17. The summed E-state index contributed by atoms with van der Waals surface area (Å²) in [6.45, 7) is -1.11. The Labute approximate surface area is 230 Å². The van der Waals surface area contributed by atoms with Crippen molar-refractivity contribution in [1.82, 2.24) is 0 Å². The van der Waals surface area contributed by atoms with E-state index in [9.17, 15) is 50.8 Å². The minimum atomic E-state index is -1.77. The fraction of sp³-hybridized carbons (Fsp3) is 0.423. The molecule has 2 saturated heterocycles. The highest BCUT2D eigenvalue weighted by Gasteiger charge is 2.45. The molecule has 15 heteroatoms. The number of phenols is 2. The molecule has 0 amide bonds. The minimum absolute atomic E-state index is 0.0405. The Morgan fingerprint density at radius 3 is 2.24 bits per heavy atom. The molecular weight excluding hydrogens is 552 g/mol. The first-order valence-corrected chi connectivity index (χ1v) is 12.4. The van der Waals surface area contributed by atoms with Crippen LogP contribution < -0.4 is 14.9 Å². The molecule has 2 aliphatic rings. The molecule has 0 radical (unpaired) electrons. The maximum atomic E-state index is 13.3. The van der Waals surface area contributed by atoms with E-state index < -0.39 is 85.4 Å². The first kappa shape index (κ1) is 29.0. The number of hydrogen-bond acceptors (Lipinski definition) is 15. The molecule has 2 aromatic carbocycles. The zero-order valence-corrected chi connectivity index (χ0v) is 21.0. The average molecular weight is 580 g/mol. The summed E-state index contributed by atoms with van der Waals surface area (Å²) in [6.07, 6.45) is -14.3. The van der Waals surface area contributed by atoms with E-state index in [2.05, 4.69) is 0 Å². The molecule has 3 aromatic rings. The number of aliphatic hydroxyl groups is 7.